The summed E-state index contributed by atoms with van der Waals surface area (Å²) in [5.41, 5.74) is 6.84. The van der Waals surface area contributed by atoms with E-state index in [1.807, 2.05) is 7.11 Å². The molecule has 1 fully saturated rings. The molecule has 0 amide bonds. The van der Waals surface area contributed by atoms with E-state index < -0.39 is 0 Å². The number of rotatable bonds is 6. The Bertz CT molecular complexity index is 215. The number of hydrogen-bond donors (Lipinski definition) is 1. The van der Waals surface area contributed by atoms with E-state index >= 15 is 0 Å². The lowest BCUT2D eigenvalue weighted by Gasteiger charge is -2.46. The van der Waals surface area contributed by atoms with Crippen molar-refractivity contribution >= 4 is 0 Å². The minimum Gasteiger partial charge on any atom is -0.377 e. The van der Waals surface area contributed by atoms with Gasteiger partial charge in [0.05, 0.1) is 5.60 Å². The molecule has 1 aliphatic carbocycles. The first-order chi connectivity index (χ1) is 7.96. The van der Waals surface area contributed by atoms with Crippen LogP contribution in [0.4, 0.5) is 0 Å². The lowest BCUT2D eigenvalue weighted by Crippen LogP contribution is -2.52. The molecule has 0 heterocycles. The first kappa shape index (κ1) is 15.0. The number of unbranched alkanes of at least 4 members (excludes halogenated alkanes) is 2. The maximum Gasteiger partial charge on any atom is 0.0829 e. The summed E-state index contributed by atoms with van der Waals surface area (Å²) >= 11 is 0. The molecule has 102 valence electrons. The first-order valence-corrected chi connectivity index (χ1v) is 7.26. The Balaban J connectivity index is 2.51. The maximum atomic E-state index is 6.40. The van der Waals surface area contributed by atoms with E-state index in [-0.39, 0.29) is 11.6 Å². The number of methoxy groups -OCH3 is 1. The topological polar surface area (TPSA) is 35.2 Å². The summed E-state index contributed by atoms with van der Waals surface area (Å²) in [5, 5.41) is 0. The molecule has 1 unspecified atom stereocenters. The van der Waals surface area contributed by atoms with Gasteiger partial charge in [0, 0.05) is 13.2 Å². The standard InChI is InChI=1S/C15H31NO/c1-5-6-7-8-13(16)15(17-4)11-9-14(2,3)10-12-15/h13H,5-12,16H2,1-4H3. The van der Waals surface area contributed by atoms with Crippen LogP contribution in [0.2, 0.25) is 0 Å². The average molecular weight is 241 g/mol. The van der Waals surface area contributed by atoms with Crippen LogP contribution in [-0.2, 0) is 4.74 Å². The molecular formula is C15H31NO. The molecule has 0 saturated heterocycles. The summed E-state index contributed by atoms with van der Waals surface area (Å²) in [6.45, 7) is 6.95. The molecule has 2 nitrogen and oxygen atoms in total. The van der Waals surface area contributed by atoms with Crippen molar-refractivity contribution in [3.8, 4) is 0 Å². The van der Waals surface area contributed by atoms with E-state index in [0.717, 1.165) is 19.3 Å². The van der Waals surface area contributed by atoms with Gasteiger partial charge < -0.3 is 10.5 Å². The summed E-state index contributed by atoms with van der Waals surface area (Å²) in [7, 11) is 1.85. The lowest BCUT2D eigenvalue weighted by atomic mass is 9.68. The van der Waals surface area contributed by atoms with Gasteiger partial charge in [0.25, 0.3) is 0 Å². The largest absolute Gasteiger partial charge is 0.377 e. The van der Waals surface area contributed by atoms with Crippen LogP contribution in [0.25, 0.3) is 0 Å². The molecule has 0 aliphatic heterocycles. The van der Waals surface area contributed by atoms with Gasteiger partial charge in [-0.05, 0) is 37.5 Å². The fraction of sp³-hybridized carbons (Fsp3) is 1.00. The van der Waals surface area contributed by atoms with E-state index in [1.54, 1.807) is 0 Å². The summed E-state index contributed by atoms with van der Waals surface area (Å²) in [5.74, 6) is 0. The molecule has 2 heteroatoms. The van der Waals surface area contributed by atoms with Gasteiger partial charge in [-0.2, -0.15) is 0 Å². The average Bonchev–Trinajstić information content (AvgIpc) is 2.30. The van der Waals surface area contributed by atoms with Crippen LogP contribution in [-0.4, -0.2) is 18.8 Å². The summed E-state index contributed by atoms with van der Waals surface area (Å²) in [4.78, 5) is 0. The zero-order valence-corrected chi connectivity index (χ0v) is 12.2. The highest BCUT2D eigenvalue weighted by atomic mass is 16.5. The van der Waals surface area contributed by atoms with Gasteiger partial charge in [-0.25, -0.2) is 0 Å². The van der Waals surface area contributed by atoms with Crippen LogP contribution in [0, 0.1) is 5.41 Å². The van der Waals surface area contributed by atoms with Gasteiger partial charge in [-0.3, -0.25) is 0 Å². The van der Waals surface area contributed by atoms with Crippen LogP contribution in [0.3, 0.4) is 0 Å². The second-order valence-corrected chi connectivity index (χ2v) is 6.54. The van der Waals surface area contributed by atoms with Crippen LogP contribution in [0.5, 0.6) is 0 Å². The minimum absolute atomic E-state index is 0.0384. The van der Waals surface area contributed by atoms with Crippen molar-refractivity contribution in [2.75, 3.05) is 7.11 Å². The zero-order chi connectivity index (χ0) is 12.9. The molecule has 0 aromatic carbocycles. The minimum atomic E-state index is -0.0384. The second kappa shape index (κ2) is 6.19. The number of ether oxygens (including phenoxy) is 1. The normalized spacial score (nSPS) is 24.5. The Morgan fingerprint density at radius 3 is 2.18 bits per heavy atom. The highest BCUT2D eigenvalue weighted by Crippen LogP contribution is 2.43. The summed E-state index contributed by atoms with van der Waals surface area (Å²) in [6.07, 6.45) is 9.64. The van der Waals surface area contributed by atoms with E-state index in [0.29, 0.717) is 5.41 Å². The Morgan fingerprint density at radius 1 is 1.12 bits per heavy atom. The number of nitrogens with two attached hydrogens (primary N) is 1. The molecular weight excluding hydrogens is 210 g/mol. The van der Waals surface area contributed by atoms with Gasteiger partial charge in [-0.15, -0.1) is 0 Å². The molecule has 1 saturated carbocycles. The molecule has 0 bridgehead atoms. The SMILES string of the molecule is CCCCCC(N)C1(OC)CCC(C)(C)CC1. The lowest BCUT2D eigenvalue weighted by molar-refractivity contribution is -0.0800. The summed E-state index contributed by atoms with van der Waals surface area (Å²) < 4.78 is 5.84. The Kier molecular flexibility index (Phi) is 5.46. The third-order valence-electron chi connectivity index (χ3n) is 4.65. The van der Waals surface area contributed by atoms with Crippen LogP contribution >= 0.6 is 0 Å². The fourth-order valence-corrected chi connectivity index (χ4v) is 2.95. The number of hydrogen-bond acceptors (Lipinski definition) is 2. The van der Waals surface area contributed by atoms with E-state index in [4.69, 9.17) is 10.5 Å². The Hall–Kier alpha value is -0.0800. The monoisotopic (exact) mass is 241 g/mol. The van der Waals surface area contributed by atoms with Crippen molar-refractivity contribution in [3.63, 3.8) is 0 Å². The van der Waals surface area contributed by atoms with Crippen molar-refractivity contribution in [1.29, 1.82) is 0 Å². The highest BCUT2D eigenvalue weighted by molar-refractivity contribution is 4.97. The molecule has 17 heavy (non-hydrogen) atoms. The first-order valence-electron chi connectivity index (χ1n) is 7.26. The van der Waals surface area contributed by atoms with Crippen molar-refractivity contribution in [1.82, 2.24) is 0 Å². The maximum absolute atomic E-state index is 6.40. The van der Waals surface area contributed by atoms with E-state index in [2.05, 4.69) is 20.8 Å². The molecule has 0 aromatic heterocycles. The van der Waals surface area contributed by atoms with Crippen molar-refractivity contribution < 1.29 is 4.74 Å². The quantitative estimate of drug-likeness (QED) is 0.716. The predicted molar refractivity (Wildman–Crippen MR) is 74.1 cm³/mol. The molecule has 0 spiro atoms. The predicted octanol–water partition coefficient (Wildman–Crippen LogP) is 3.88. The third-order valence-corrected chi connectivity index (χ3v) is 4.65. The van der Waals surface area contributed by atoms with E-state index in [9.17, 15) is 0 Å². The fourth-order valence-electron chi connectivity index (χ4n) is 2.95. The zero-order valence-electron chi connectivity index (χ0n) is 12.2. The van der Waals surface area contributed by atoms with Crippen molar-refractivity contribution in [3.05, 3.63) is 0 Å². The smallest absolute Gasteiger partial charge is 0.0829 e. The molecule has 1 aliphatic rings. The molecule has 2 N–H and O–H groups in total. The molecule has 0 radical (unpaired) electrons. The molecule has 1 atom stereocenters. The Morgan fingerprint density at radius 2 is 1.71 bits per heavy atom. The highest BCUT2D eigenvalue weighted by Gasteiger charge is 2.42. The second-order valence-electron chi connectivity index (χ2n) is 6.54. The van der Waals surface area contributed by atoms with Crippen LogP contribution in [0.15, 0.2) is 0 Å². The van der Waals surface area contributed by atoms with Crippen LogP contribution in [0.1, 0.15) is 72.1 Å². The molecule has 1 rings (SSSR count). The van der Waals surface area contributed by atoms with Crippen LogP contribution < -0.4 is 5.73 Å². The summed E-state index contributed by atoms with van der Waals surface area (Å²) in [6, 6.07) is 0.218. The van der Waals surface area contributed by atoms with Gasteiger partial charge >= 0.3 is 0 Å². The third kappa shape index (κ3) is 3.96. The van der Waals surface area contributed by atoms with Crippen molar-refractivity contribution in [2.24, 2.45) is 11.1 Å². The van der Waals surface area contributed by atoms with E-state index in [1.165, 1.54) is 32.1 Å². The Labute approximate surface area is 107 Å². The van der Waals surface area contributed by atoms with Crippen molar-refractivity contribution in [2.45, 2.75) is 83.8 Å². The van der Waals surface area contributed by atoms with Gasteiger partial charge in [0.15, 0.2) is 0 Å². The van der Waals surface area contributed by atoms with Gasteiger partial charge in [-0.1, -0.05) is 40.0 Å². The van der Waals surface area contributed by atoms with Gasteiger partial charge in [0.1, 0.15) is 0 Å². The van der Waals surface area contributed by atoms with Gasteiger partial charge in [0.2, 0.25) is 0 Å². The molecule has 0 aromatic rings.